The Hall–Kier alpha value is -1.10. The SMILES string of the molecule is CNC(=O)C(N)C(=N)N. The van der Waals surface area contributed by atoms with Crippen LogP contribution < -0.4 is 16.8 Å². The molecule has 6 N–H and O–H groups in total. The summed E-state index contributed by atoms with van der Waals surface area (Å²) >= 11 is 0. The average molecular weight is 130 g/mol. The van der Waals surface area contributed by atoms with E-state index >= 15 is 0 Å². The first-order chi connectivity index (χ1) is 4.09. The van der Waals surface area contributed by atoms with Gasteiger partial charge in [0.05, 0.1) is 0 Å². The second-order valence-corrected chi connectivity index (χ2v) is 1.55. The molecule has 5 nitrogen and oxygen atoms in total. The summed E-state index contributed by atoms with van der Waals surface area (Å²) in [6.07, 6.45) is 0. The van der Waals surface area contributed by atoms with Crippen LogP contribution in [0.2, 0.25) is 0 Å². The molecule has 1 unspecified atom stereocenters. The summed E-state index contributed by atoms with van der Waals surface area (Å²) in [6, 6.07) is -1.00. The van der Waals surface area contributed by atoms with E-state index in [1.54, 1.807) is 0 Å². The average Bonchev–Trinajstić information content (AvgIpc) is 1.84. The number of amides is 1. The number of nitrogens with one attached hydrogen (secondary N) is 2. The second-order valence-electron chi connectivity index (χ2n) is 1.55. The first-order valence-electron chi connectivity index (χ1n) is 2.40. The highest BCUT2D eigenvalue weighted by molar-refractivity contribution is 6.04. The van der Waals surface area contributed by atoms with Crippen molar-refractivity contribution in [3.63, 3.8) is 0 Å². The highest BCUT2D eigenvalue weighted by Gasteiger charge is 2.13. The van der Waals surface area contributed by atoms with Crippen LogP contribution in [-0.2, 0) is 4.79 Å². The van der Waals surface area contributed by atoms with E-state index in [0.717, 1.165) is 0 Å². The zero-order valence-electron chi connectivity index (χ0n) is 5.14. The quantitative estimate of drug-likeness (QED) is 0.256. The van der Waals surface area contributed by atoms with Gasteiger partial charge in [0.25, 0.3) is 0 Å². The number of hydrogen-bond acceptors (Lipinski definition) is 3. The van der Waals surface area contributed by atoms with Gasteiger partial charge in [-0.05, 0) is 0 Å². The monoisotopic (exact) mass is 130 g/mol. The Morgan fingerprint density at radius 1 is 1.78 bits per heavy atom. The standard InChI is InChI=1S/C4H10N4O/c1-8-4(9)2(5)3(6)7/h2H,5H2,1H3,(H3,6,7)(H,8,9). The molecule has 0 radical (unpaired) electrons. The Balaban J connectivity index is 3.88. The van der Waals surface area contributed by atoms with Crippen LogP contribution in [0.15, 0.2) is 0 Å². The number of carbonyl (C=O) groups is 1. The number of hydrogen-bond donors (Lipinski definition) is 4. The first kappa shape index (κ1) is 7.90. The largest absolute Gasteiger partial charge is 0.386 e. The van der Waals surface area contributed by atoms with Crippen LogP contribution in [0, 0.1) is 5.41 Å². The third-order valence-electron chi connectivity index (χ3n) is 0.864. The summed E-state index contributed by atoms with van der Waals surface area (Å²) in [5.74, 6) is -0.767. The van der Waals surface area contributed by atoms with Crippen molar-refractivity contribution in [1.82, 2.24) is 5.32 Å². The predicted octanol–water partition coefficient (Wildman–Crippen LogP) is -2.00. The Labute approximate surface area is 52.9 Å². The molecular weight excluding hydrogens is 120 g/mol. The molecule has 52 valence electrons. The Morgan fingerprint density at radius 3 is 2.33 bits per heavy atom. The molecule has 0 bridgehead atoms. The molecule has 0 heterocycles. The molecule has 0 rings (SSSR count). The van der Waals surface area contributed by atoms with Gasteiger partial charge in [-0.1, -0.05) is 0 Å². The summed E-state index contributed by atoms with van der Waals surface area (Å²) in [5, 5.41) is 8.99. The molecule has 0 aliphatic carbocycles. The van der Waals surface area contributed by atoms with Gasteiger partial charge in [-0.25, -0.2) is 0 Å². The van der Waals surface area contributed by atoms with Gasteiger partial charge in [0.1, 0.15) is 11.9 Å². The third kappa shape index (κ3) is 2.09. The van der Waals surface area contributed by atoms with Gasteiger partial charge in [-0.3, -0.25) is 10.2 Å². The zero-order chi connectivity index (χ0) is 7.44. The highest BCUT2D eigenvalue weighted by Crippen LogP contribution is 1.73. The van der Waals surface area contributed by atoms with Crippen molar-refractivity contribution in [2.75, 3.05) is 7.05 Å². The lowest BCUT2D eigenvalue weighted by Crippen LogP contribution is -2.47. The smallest absolute Gasteiger partial charge is 0.244 e. The van der Waals surface area contributed by atoms with Crippen LogP contribution >= 0.6 is 0 Å². The fraction of sp³-hybridized carbons (Fsp3) is 0.500. The van der Waals surface area contributed by atoms with Gasteiger partial charge in [0, 0.05) is 7.05 Å². The number of carbonyl (C=O) groups excluding carboxylic acids is 1. The van der Waals surface area contributed by atoms with Crippen molar-refractivity contribution in [2.45, 2.75) is 6.04 Å². The summed E-state index contributed by atoms with van der Waals surface area (Å²) < 4.78 is 0. The molecule has 0 aromatic heterocycles. The molecule has 0 spiro atoms. The minimum Gasteiger partial charge on any atom is -0.386 e. The maximum Gasteiger partial charge on any atom is 0.244 e. The summed E-state index contributed by atoms with van der Waals surface area (Å²) in [4.78, 5) is 10.5. The van der Waals surface area contributed by atoms with Gasteiger partial charge in [0.2, 0.25) is 5.91 Å². The Kier molecular flexibility index (Phi) is 2.66. The molecule has 9 heavy (non-hydrogen) atoms. The fourth-order valence-corrected chi connectivity index (χ4v) is 0.297. The lowest BCUT2D eigenvalue weighted by molar-refractivity contribution is -0.120. The van der Waals surface area contributed by atoms with Crippen LogP contribution in [0.1, 0.15) is 0 Å². The third-order valence-corrected chi connectivity index (χ3v) is 0.864. The zero-order valence-corrected chi connectivity index (χ0v) is 5.14. The maximum atomic E-state index is 10.5. The fourth-order valence-electron chi connectivity index (χ4n) is 0.297. The molecule has 0 aromatic carbocycles. The molecule has 0 aromatic rings. The van der Waals surface area contributed by atoms with Crippen molar-refractivity contribution >= 4 is 11.7 Å². The number of amidine groups is 1. The summed E-state index contributed by atoms with van der Waals surface area (Å²) in [7, 11) is 1.44. The molecular formula is C4H10N4O. The lowest BCUT2D eigenvalue weighted by Gasteiger charge is -2.05. The molecule has 0 saturated heterocycles. The van der Waals surface area contributed by atoms with E-state index in [1.807, 2.05) is 0 Å². The molecule has 0 aliphatic rings. The van der Waals surface area contributed by atoms with E-state index in [-0.39, 0.29) is 5.84 Å². The van der Waals surface area contributed by atoms with Crippen molar-refractivity contribution < 1.29 is 4.79 Å². The topological polar surface area (TPSA) is 105 Å². The second kappa shape index (κ2) is 3.03. The molecule has 0 fully saturated rings. The van der Waals surface area contributed by atoms with Crippen LogP contribution in [0.25, 0.3) is 0 Å². The Bertz CT molecular complexity index is 133. The number of likely N-dealkylation sites (N-methyl/N-ethyl adjacent to an activating group) is 1. The van der Waals surface area contributed by atoms with Gasteiger partial charge in [-0.15, -0.1) is 0 Å². The molecule has 1 amide bonds. The summed E-state index contributed by atoms with van der Waals surface area (Å²) in [5.41, 5.74) is 10.0. The molecule has 0 aliphatic heterocycles. The van der Waals surface area contributed by atoms with Crippen molar-refractivity contribution in [3.8, 4) is 0 Å². The van der Waals surface area contributed by atoms with Crippen LogP contribution in [-0.4, -0.2) is 24.8 Å². The normalized spacial score (nSPS) is 12.2. The molecule has 5 heteroatoms. The van der Waals surface area contributed by atoms with E-state index in [0.29, 0.717) is 0 Å². The first-order valence-corrected chi connectivity index (χ1v) is 2.40. The molecule has 0 saturated carbocycles. The van der Waals surface area contributed by atoms with E-state index in [4.69, 9.17) is 16.9 Å². The van der Waals surface area contributed by atoms with Crippen LogP contribution in [0.3, 0.4) is 0 Å². The lowest BCUT2D eigenvalue weighted by atomic mass is 10.3. The Morgan fingerprint density at radius 2 is 2.22 bits per heavy atom. The van der Waals surface area contributed by atoms with Crippen molar-refractivity contribution in [1.29, 1.82) is 5.41 Å². The van der Waals surface area contributed by atoms with E-state index in [1.165, 1.54) is 7.05 Å². The predicted molar refractivity (Wildman–Crippen MR) is 34.0 cm³/mol. The number of rotatable bonds is 2. The van der Waals surface area contributed by atoms with Gasteiger partial charge >= 0.3 is 0 Å². The minimum atomic E-state index is -1.00. The van der Waals surface area contributed by atoms with Crippen molar-refractivity contribution in [2.24, 2.45) is 11.5 Å². The van der Waals surface area contributed by atoms with Gasteiger partial charge < -0.3 is 16.8 Å². The molecule has 1 atom stereocenters. The highest BCUT2D eigenvalue weighted by atomic mass is 16.2. The maximum absolute atomic E-state index is 10.5. The van der Waals surface area contributed by atoms with Gasteiger partial charge in [0.15, 0.2) is 0 Å². The van der Waals surface area contributed by atoms with E-state index in [2.05, 4.69) is 5.32 Å². The van der Waals surface area contributed by atoms with E-state index < -0.39 is 11.9 Å². The number of nitrogens with two attached hydrogens (primary N) is 2. The minimum absolute atomic E-state index is 0.325. The summed E-state index contributed by atoms with van der Waals surface area (Å²) in [6.45, 7) is 0. The van der Waals surface area contributed by atoms with Crippen LogP contribution in [0.4, 0.5) is 0 Å². The van der Waals surface area contributed by atoms with Gasteiger partial charge in [-0.2, -0.15) is 0 Å². The van der Waals surface area contributed by atoms with Crippen LogP contribution in [0.5, 0.6) is 0 Å². The van der Waals surface area contributed by atoms with Crippen molar-refractivity contribution in [3.05, 3.63) is 0 Å². The van der Waals surface area contributed by atoms with E-state index in [9.17, 15) is 4.79 Å².